The van der Waals surface area contributed by atoms with E-state index in [0.29, 0.717) is 17.8 Å². The average molecular weight is 509 g/mol. The van der Waals surface area contributed by atoms with Crippen molar-refractivity contribution in [1.29, 1.82) is 0 Å². The molecule has 1 fully saturated rings. The van der Waals surface area contributed by atoms with Crippen LogP contribution in [0, 0.1) is 0 Å². The summed E-state index contributed by atoms with van der Waals surface area (Å²) in [5.41, 5.74) is 1.61. The van der Waals surface area contributed by atoms with E-state index in [1.165, 1.54) is 0 Å². The van der Waals surface area contributed by atoms with Crippen LogP contribution in [-0.2, 0) is 20.9 Å². The fraction of sp³-hybridized carbons (Fsp3) is 0.500. The molecule has 11 heteroatoms. The summed E-state index contributed by atoms with van der Waals surface area (Å²) in [7, 11) is 0. The van der Waals surface area contributed by atoms with Gasteiger partial charge in [-0.25, -0.2) is 0 Å². The number of aryl methyl sites for hydroxylation is 1. The molecule has 4 rings (SSSR count). The second kappa shape index (κ2) is 11.9. The van der Waals surface area contributed by atoms with Crippen LogP contribution < -0.4 is 10.6 Å². The number of benzene rings is 1. The van der Waals surface area contributed by atoms with Gasteiger partial charge in [0.05, 0.1) is 23.4 Å². The summed E-state index contributed by atoms with van der Waals surface area (Å²) in [4.78, 5) is 61.4. The maximum absolute atomic E-state index is 13.3. The molecule has 4 amide bonds. The van der Waals surface area contributed by atoms with Gasteiger partial charge in [-0.15, -0.1) is 5.10 Å². The highest BCUT2D eigenvalue weighted by atomic mass is 16.2. The first-order valence-electron chi connectivity index (χ1n) is 12.9. The summed E-state index contributed by atoms with van der Waals surface area (Å²) >= 11 is 0. The van der Waals surface area contributed by atoms with Crippen molar-refractivity contribution >= 4 is 35.6 Å². The Hall–Kier alpha value is -3.89. The zero-order valence-electron chi connectivity index (χ0n) is 20.9. The van der Waals surface area contributed by atoms with Crippen LogP contribution in [0.4, 0.5) is 5.69 Å². The Morgan fingerprint density at radius 2 is 1.84 bits per heavy atom. The number of carbonyl (C=O) groups is 5. The largest absolute Gasteiger partial charge is 0.376 e. The minimum atomic E-state index is -1.01. The Labute approximate surface area is 215 Å². The fourth-order valence-electron chi connectivity index (χ4n) is 4.77. The topological polar surface area (TPSA) is 143 Å². The van der Waals surface area contributed by atoms with E-state index in [-0.39, 0.29) is 30.0 Å². The molecule has 2 aliphatic rings. The molecule has 1 aromatic carbocycles. The molecule has 0 bridgehead atoms. The van der Waals surface area contributed by atoms with Crippen molar-refractivity contribution in [3.63, 3.8) is 0 Å². The van der Waals surface area contributed by atoms with Crippen LogP contribution in [0.5, 0.6) is 0 Å². The molecule has 3 heterocycles. The molecule has 0 radical (unpaired) electrons. The third kappa shape index (κ3) is 5.92. The number of nitrogens with zero attached hydrogens (tertiary/aromatic N) is 4. The van der Waals surface area contributed by atoms with E-state index >= 15 is 0 Å². The van der Waals surface area contributed by atoms with Gasteiger partial charge >= 0.3 is 0 Å². The molecule has 1 saturated heterocycles. The number of anilines is 1. The summed E-state index contributed by atoms with van der Waals surface area (Å²) in [5, 5.41) is 14.0. The lowest BCUT2D eigenvalue weighted by atomic mass is 10.0. The zero-order chi connectivity index (χ0) is 26.4. The van der Waals surface area contributed by atoms with Crippen LogP contribution >= 0.6 is 0 Å². The SMILES string of the molecule is CC(Nc1cccc2c1C(=O)N(C1CCC(=O)NC1=O)C2=O)c1cn(CCCCCCCCC=O)nn1. The van der Waals surface area contributed by atoms with Crippen LogP contribution in [0.3, 0.4) is 0 Å². The van der Waals surface area contributed by atoms with Crippen molar-refractivity contribution in [1.82, 2.24) is 25.2 Å². The van der Waals surface area contributed by atoms with Gasteiger partial charge in [0.2, 0.25) is 11.8 Å². The number of fused-ring (bicyclic) bond motifs is 1. The molecule has 37 heavy (non-hydrogen) atoms. The van der Waals surface area contributed by atoms with Crippen molar-refractivity contribution in [3.8, 4) is 0 Å². The van der Waals surface area contributed by atoms with E-state index in [1.807, 2.05) is 13.1 Å². The molecule has 2 N–H and O–H groups in total. The smallest absolute Gasteiger partial charge is 0.264 e. The Bertz CT molecular complexity index is 1190. The van der Waals surface area contributed by atoms with E-state index < -0.39 is 29.7 Å². The molecular formula is C26H32N6O5. The molecule has 11 nitrogen and oxygen atoms in total. The minimum absolute atomic E-state index is 0.0724. The molecule has 2 atom stereocenters. The summed E-state index contributed by atoms with van der Waals surface area (Å²) in [6, 6.07) is 3.67. The number of rotatable bonds is 13. The Morgan fingerprint density at radius 3 is 2.59 bits per heavy atom. The number of aldehydes is 1. The van der Waals surface area contributed by atoms with E-state index in [4.69, 9.17) is 0 Å². The fourth-order valence-corrected chi connectivity index (χ4v) is 4.77. The highest BCUT2D eigenvalue weighted by Gasteiger charge is 2.45. The minimum Gasteiger partial charge on any atom is -0.376 e. The first-order valence-corrected chi connectivity index (χ1v) is 12.9. The van der Waals surface area contributed by atoms with Crippen molar-refractivity contribution in [2.45, 2.75) is 83.3 Å². The van der Waals surface area contributed by atoms with E-state index in [0.717, 1.165) is 56.3 Å². The number of nitrogens with one attached hydrogen (secondary N) is 2. The number of unbranched alkanes of at least 4 members (excludes halogenated alkanes) is 6. The lowest BCUT2D eigenvalue weighted by molar-refractivity contribution is -0.136. The second-order valence-electron chi connectivity index (χ2n) is 9.52. The van der Waals surface area contributed by atoms with Crippen molar-refractivity contribution in [2.75, 3.05) is 5.32 Å². The Balaban J connectivity index is 1.35. The molecule has 196 valence electrons. The molecule has 0 spiro atoms. The second-order valence-corrected chi connectivity index (χ2v) is 9.52. The summed E-state index contributed by atoms with van der Waals surface area (Å²) in [6.45, 7) is 2.65. The molecule has 2 aromatic rings. The number of aromatic nitrogens is 3. The normalized spacial score (nSPS) is 18.1. The Kier molecular flexibility index (Phi) is 8.42. The highest BCUT2D eigenvalue weighted by Crippen LogP contribution is 2.33. The lowest BCUT2D eigenvalue weighted by Crippen LogP contribution is -2.54. The van der Waals surface area contributed by atoms with Gasteiger partial charge in [0.15, 0.2) is 0 Å². The van der Waals surface area contributed by atoms with Crippen molar-refractivity contribution in [2.24, 2.45) is 0 Å². The van der Waals surface area contributed by atoms with E-state index in [1.54, 1.807) is 22.9 Å². The molecule has 1 aromatic heterocycles. The van der Waals surface area contributed by atoms with Gasteiger partial charge < -0.3 is 10.1 Å². The van der Waals surface area contributed by atoms with E-state index in [2.05, 4.69) is 20.9 Å². The Morgan fingerprint density at radius 1 is 1.08 bits per heavy atom. The molecular weight excluding hydrogens is 476 g/mol. The third-order valence-corrected chi connectivity index (χ3v) is 6.80. The van der Waals surface area contributed by atoms with Crippen LogP contribution in [0.15, 0.2) is 24.4 Å². The monoisotopic (exact) mass is 508 g/mol. The number of hydrogen-bond donors (Lipinski definition) is 2. The zero-order valence-corrected chi connectivity index (χ0v) is 20.9. The number of imide groups is 2. The number of hydrogen-bond acceptors (Lipinski definition) is 8. The predicted molar refractivity (Wildman–Crippen MR) is 134 cm³/mol. The van der Waals surface area contributed by atoms with Gasteiger partial charge in [0.1, 0.15) is 18.0 Å². The van der Waals surface area contributed by atoms with Gasteiger partial charge in [-0.2, -0.15) is 0 Å². The van der Waals surface area contributed by atoms with Gasteiger partial charge in [-0.1, -0.05) is 37.0 Å². The quantitative estimate of drug-likeness (QED) is 0.239. The lowest BCUT2D eigenvalue weighted by Gasteiger charge is -2.27. The maximum Gasteiger partial charge on any atom is 0.264 e. The molecule has 2 unspecified atom stereocenters. The molecule has 0 saturated carbocycles. The summed E-state index contributed by atoms with van der Waals surface area (Å²) < 4.78 is 1.80. The van der Waals surface area contributed by atoms with Gasteiger partial charge in [0.25, 0.3) is 11.8 Å². The van der Waals surface area contributed by atoms with Crippen LogP contribution in [-0.4, -0.2) is 55.9 Å². The standard InChI is InChI=1S/C26H32N6O5/c1-17(20-16-31(30-29-20)14-7-5-3-2-4-6-8-15-33)27-19-11-9-10-18-23(19)26(37)32(25(18)36)21-12-13-22(34)28-24(21)35/h9-11,15-17,21,27H,2-8,12-14H2,1H3,(H,28,34,35). The highest BCUT2D eigenvalue weighted by molar-refractivity contribution is 6.25. The van der Waals surface area contributed by atoms with Crippen LogP contribution in [0.25, 0.3) is 0 Å². The summed E-state index contributed by atoms with van der Waals surface area (Å²) in [5.74, 6) is -2.14. The van der Waals surface area contributed by atoms with Crippen LogP contribution in [0.1, 0.15) is 97.2 Å². The van der Waals surface area contributed by atoms with Gasteiger partial charge in [-0.05, 0) is 38.3 Å². The maximum atomic E-state index is 13.3. The molecule has 0 aliphatic carbocycles. The van der Waals surface area contributed by atoms with Gasteiger partial charge in [0, 0.05) is 25.1 Å². The van der Waals surface area contributed by atoms with Gasteiger partial charge in [-0.3, -0.25) is 34.1 Å². The molecule has 2 aliphatic heterocycles. The van der Waals surface area contributed by atoms with Crippen molar-refractivity contribution < 1.29 is 24.0 Å². The predicted octanol–water partition coefficient (Wildman–Crippen LogP) is 2.78. The van der Waals surface area contributed by atoms with Crippen molar-refractivity contribution in [3.05, 3.63) is 41.2 Å². The summed E-state index contributed by atoms with van der Waals surface area (Å²) in [6.07, 6.45) is 10.0. The first-order chi connectivity index (χ1) is 17.9. The number of piperidine rings is 1. The number of amides is 4. The van der Waals surface area contributed by atoms with Crippen LogP contribution in [0.2, 0.25) is 0 Å². The first kappa shape index (κ1) is 26.2. The third-order valence-electron chi connectivity index (χ3n) is 6.80. The average Bonchev–Trinajstić information content (AvgIpc) is 3.45. The number of carbonyl (C=O) groups excluding carboxylic acids is 5. The van der Waals surface area contributed by atoms with E-state index in [9.17, 15) is 24.0 Å².